The van der Waals surface area contributed by atoms with Crippen LogP contribution in [0.4, 0.5) is 0 Å². The molecule has 0 amide bonds. The van der Waals surface area contributed by atoms with Crippen LogP contribution in [0.15, 0.2) is 0 Å². The molecule has 13 heavy (non-hydrogen) atoms. The molecule has 0 atom stereocenters. The maximum atomic E-state index is 11.4. The zero-order valence-corrected chi connectivity index (χ0v) is 11.0. The van der Waals surface area contributed by atoms with Gasteiger partial charge in [-0.3, -0.25) is 0 Å². The van der Waals surface area contributed by atoms with Gasteiger partial charge < -0.3 is 0 Å². The van der Waals surface area contributed by atoms with Gasteiger partial charge in [0.05, 0.1) is 5.25 Å². The summed E-state index contributed by atoms with van der Waals surface area (Å²) in [4.78, 5) is 0. The summed E-state index contributed by atoms with van der Waals surface area (Å²) in [6, 6.07) is 0. The summed E-state index contributed by atoms with van der Waals surface area (Å²) < 4.78 is 25.3. The van der Waals surface area contributed by atoms with Crippen molar-refractivity contribution in [2.24, 2.45) is 5.41 Å². The second-order valence-electron chi connectivity index (χ2n) is 4.21. The highest BCUT2D eigenvalue weighted by Crippen LogP contribution is 2.17. The fourth-order valence-electron chi connectivity index (χ4n) is 0.510. The Hall–Kier alpha value is 0.390. The van der Waals surface area contributed by atoms with Crippen molar-refractivity contribution in [3.63, 3.8) is 0 Å². The van der Waals surface area contributed by atoms with Crippen LogP contribution in [0.3, 0.4) is 0 Å². The number of halogens is 1. The topological polar surface area (TPSA) is 46.2 Å². The Labute approximate surface area is 89.5 Å². The van der Waals surface area contributed by atoms with Gasteiger partial charge in [-0.1, -0.05) is 29.8 Å². The van der Waals surface area contributed by atoms with Gasteiger partial charge in [-0.05, 0) is 19.3 Å². The molecule has 0 heterocycles. The molecule has 3 nitrogen and oxygen atoms in total. The van der Waals surface area contributed by atoms with Crippen LogP contribution in [0.2, 0.25) is 0 Å². The number of hydrogen-bond donors (Lipinski definition) is 1. The largest absolute Gasteiger partial charge is 0.214 e. The third kappa shape index (κ3) is 4.98. The van der Waals surface area contributed by atoms with Crippen LogP contribution in [-0.4, -0.2) is 25.5 Å². The quantitative estimate of drug-likeness (QED) is 0.775. The smallest absolute Gasteiger partial charge is 0.213 e. The average Bonchev–Trinajstić information content (AvgIpc) is 2.01. The van der Waals surface area contributed by atoms with Crippen molar-refractivity contribution in [1.82, 2.24) is 4.72 Å². The minimum atomic E-state index is -3.11. The van der Waals surface area contributed by atoms with E-state index < -0.39 is 10.0 Å². The van der Waals surface area contributed by atoms with Gasteiger partial charge in [-0.15, -0.1) is 0 Å². The molecule has 80 valence electrons. The van der Waals surface area contributed by atoms with E-state index >= 15 is 0 Å². The highest BCUT2D eigenvalue weighted by Gasteiger charge is 2.21. The van der Waals surface area contributed by atoms with Crippen LogP contribution in [0, 0.1) is 5.41 Å². The van der Waals surface area contributed by atoms with E-state index in [4.69, 9.17) is 0 Å². The third-order valence-corrected chi connectivity index (χ3v) is 5.04. The average molecular weight is 272 g/mol. The molecule has 0 saturated carbocycles. The molecule has 0 saturated heterocycles. The van der Waals surface area contributed by atoms with Crippen LogP contribution >= 0.6 is 15.9 Å². The molecule has 0 unspecified atom stereocenters. The van der Waals surface area contributed by atoms with Crippen molar-refractivity contribution in [3.8, 4) is 0 Å². The van der Waals surface area contributed by atoms with Crippen molar-refractivity contribution in [3.05, 3.63) is 0 Å². The number of nitrogens with one attached hydrogen (secondary N) is 1. The summed E-state index contributed by atoms with van der Waals surface area (Å²) in [6.07, 6.45) is 0. The lowest BCUT2D eigenvalue weighted by Crippen LogP contribution is -2.38. The number of sulfonamides is 1. The Morgan fingerprint density at radius 1 is 1.38 bits per heavy atom. The molecule has 0 rings (SSSR count). The fourth-order valence-corrected chi connectivity index (χ4v) is 1.63. The summed E-state index contributed by atoms with van der Waals surface area (Å²) in [5.41, 5.74) is -0.0397. The Morgan fingerprint density at radius 2 is 1.85 bits per heavy atom. The van der Waals surface area contributed by atoms with E-state index in [9.17, 15) is 8.42 Å². The van der Waals surface area contributed by atoms with Gasteiger partial charge in [0.1, 0.15) is 0 Å². The second-order valence-corrected chi connectivity index (χ2v) is 7.09. The first-order chi connectivity index (χ1) is 5.71. The predicted octanol–water partition coefficient (Wildman–Crippen LogP) is 1.74. The molecule has 0 spiro atoms. The molecule has 0 radical (unpaired) electrons. The Bertz CT molecular complexity index is 247. The summed E-state index contributed by atoms with van der Waals surface area (Å²) in [7, 11) is -3.11. The van der Waals surface area contributed by atoms with Gasteiger partial charge in [0, 0.05) is 11.9 Å². The zero-order chi connectivity index (χ0) is 10.7. The maximum Gasteiger partial charge on any atom is 0.213 e. The van der Waals surface area contributed by atoms with Crippen molar-refractivity contribution in [2.45, 2.75) is 32.9 Å². The first kappa shape index (κ1) is 13.4. The van der Waals surface area contributed by atoms with E-state index in [1.807, 2.05) is 13.8 Å². The monoisotopic (exact) mass is 271 g/mol. The van der Waals surface area contributed by atoms with E-state index in [0.29, 0.717) is 6.54 Å². The fraction of sp³-hybridized carbons (Fsp3) is 1.00. The van der Waals surface area contributed by atoms with Crippen molar-refractivity contribution >= 4 is 26.0 Å². The van der Waals surface area contributed by atoms with Crippen LogP contribution in [0.1, 0.15) is 27.7 Å². The molecule has 0 aromatic carbocycles. The van der Waals surface area contributed by atoms with Gasteiger partial charge in [-0.2, -0.15) is 0 Å². The molecule has 0 aromatic rings. The van der Waals surface area contributed by atoms with E-state index in [1.54, 1.807) is 13.8 Å². The SMILES string of the molecule is CC(C)S(=O)(=O)NCC(C)(C)CBr. The summed E-state index contributed by atoms with van der Waals surface area (Å²) >= 11 is 3.34. The highest BCUT2D eigenvalue weighted by molar-refractivity contribution is 9.09. The van der Waals surface area contributed by atoms with E-state index in [-0.39, 0.29) is 10.7 Å². The Morgan fingerprint density at radius 3 is 2.15 bits per heavy atom. The first-order valence-corrected chi connectivity index (χ1v) is 6.92. The molecule has 0 bridgehead atoms. The minimum absolute atomic E-state index is 0.0397. The van der Waals surface area contributed by atoms with Crippen molar-refractivity contribution < 1.29 is 8.42 Å². The third-order valence-electron chi connectivity index (χ3n) is 1.73. The molecule has 0 fully saturated rings. The van der Waals surface area contributed by atoms with Crippen LogP contribution < -0.4 is 4.72 Å². The zero-order valence-electron chi connectivity index (χ0n) is 8.59. The van der Waals surface area contributed by atoms with Crippen LogP contribution in [0.5, 0.6) is 0 Å². The Balaban J connectivity index is 4.19. The van der Waals surface area contributed by atoms with Gasteiger partial charge in [0.25, 0.3) is 0 Å². The van der Waals surface area contributed by atoms with E-state index in [2.05, 4.69) is 20.7 Å². The first-order valence-electron chi connectivity index (χ1n) is 4.26. The Kier molecular flexibility index (Phi) is 4.90. The lowest BCUT2D eigenvalue weighted by Gasteiger charge is -2.22. The normalized spacial score (nSPS) is 13.7. The second kappa shape index (κ2) is 4.75. The lowest BCUT2D eigenvalue weighted by molar-refractivity contribution is 0.419. The summed E-state index contributed by atoms with van der Waals surface area (Å²) in [6.45, 7) is 7.82. The molecule has 0 aliphatic rings. The van der Waals surface area contributed by atoms with Crippen molar-refractivity contribution in [1.29, 1.82) is 0 Å². The summed E-state index contributed by atoms with van der Waals surface area (Å²) in [5.74, 6) is 0. The maximum absolute atomic E-state index is 11.4. The highest BCUT2D eigenvalue weighted by atomic mass is 79.9. The molecular formula is C8H18BrNO2S. The number of hydrogen-bond acceptors (Lipinski definition) is 2. The summed E-state index contributed by atoms with van der Waals surface area (Å²) in [5, 5.41) is 0.416. The molecule has 0 aliphatic carbocycles. The van der Waals surface area contributed by atoms with Gasteiger partial charge in [0.15, 0.2) is 0 Å². The molecule has 5 heteroatoms. The van der Waals surface area contributed by atoms with Crippen LogP contribution in [-0.2, 0) is 10.0 Å². The van der Waals surface area contributed by atoms with Gasteiger partial charge in [-0.25, -0.2) is 13.1 Å². The molecule has 0 aromatic heterocycles. The molecule has 1 N–H and O–H groups in total. The van der Waals surface area contributed by atoms with Crippen molar-refractivity contribution in [2.75, 3.05) is 11.9 Å². The van der Waals surface area contributed by atoms with Gasteiger partial charge in [0.2, 0.25) is 10.0 Å². The predicted molar refractivity (Wildman–Crippen MR) is 59.6 cm³/mol. The molecular weight excluding hydrogens is 254 g/mol. The molecule has 0 aliphatic heterocycles. The number of rotatable bonds is 5. The minimum Gasteiger partial charge on any atom is -0.214 e. The van der Waals surface area contributed by atoms with E-state index in [1.165, 1.54) is 0 Å². The van der Waals surface area contributed by atoms with Crippen LogP contribution in [0.25, 0.3) is 0 Å². The van der Waals surface area contributed by atoms with E-state index in [0.717, 1.165) is 5.33 Å². The van der Waals surface area contributed by atoms with Gasteiger partial charge >= 0.3 is 0 Å². The standard InChI is InChI=1S/C8H18BrNO2S/c1-7(2)13(11,12)10-6-8(3,4)5-9/h7,10H,5-6H2,1-4H3. The lowest BCUT2D eigenvalue weighted by atomic mass is 9.98. The number of alkyl halides is 1.